The summed E-state index contributed by atoms with van der Waals surface area (Å²) in [6.45, 7) is 14.7. The highest BCUT2D eigenvalue weighted by Gasteiger charge is 2.32. The fraction of sp³-hybridized carbons (Fsp3) is 0.286. The molecule has 0 aromatic heterocycles. The van der Waals surface area contributed by atoms with Gasteiger partial charge in [-0.05, 0) is 118 Å². The van der Waals surface area contributed by atoms with Crippen LogP contribution in [0.25, 0.3) is 22.3 Å². The Hall–Kier alpha value is -0.520. The highest BCUT2D eigenvalue weighted by molar-refractivity contribution is 9.11. The van der Waals surface area contributed by atoms with E-state index in [-0.39, 0.29) is 0 Å². The Balaban J connectivity index is 2.70. The van der Waals surface area contributed by atoms with Crippen molar-refractivity contribution in [2.45, 2.75) is 55.4 Å². The first-order valence-electron chi connectivity index (χ1n) is 11.4. The number of carbonyl (C=O) groups is 2. The molecule has 0 amide bonds. The molecule has 0 atom stereocenters. The third-order valence-electron chi connectivity index (χ3n) is 6.42. The normalized spacial score (nSPS) is 11.1. The molecule has 0 aliphatic carbocycles. The second-order valence-corrected chi connectivity index (χ2v) is 13.7. The highest BCUT2D eigenvalue weighted by atomic mass is 79.9. The van der Waals surface area contributed by atoms with Gasteiger partial charge in [0.05, 0.1) is 8.95 Å². The quantitative estimate of drug-likeness (QED) is 0.193. The van der Waals surface area contributed by atoms with Crippen molar-refractivity contribution in [1.29, 1.82) is 0 Å². The Kier molecular flexibility index (Phi) is 10.2. The van der Waals surface area contributed by atoms with Crippen LogP contribution >= 0.6 is 95.6 Å². The summed E-state index contributed by atoms with van der Waals surface area (Å²) >= 11 is 22.4. The molecule has 10 heteroatoms. The average Bonchev–Trinajstić information content (AvgIpc) is 2.85. The summed E-state index contributed by atoms with van der Waals surface area (Å²) in [5.41, 5.74) is 8.70. The SMILES string of the molecule is CC(=O)Oc1c(Br)c(-c2c(C)c(Br)c(C)c(Br)c2C)c(OC(C)=O)c(Br)c1-c1c(C)c(Br)c(C)c(Br)c1C. The Morgan fingerprint density at radius 3 is 0.868 bits per heavy atom. The van der Waals surface area contributed by atoms with Crippen LogP contribution in [0.5, 0.6) is 11.5 Å². The molecule has 202 valence electrons. The van der Waals surface area contributed by atoms with Crippen molar-refractivity contribution in [2.75, 3.05) is 0 Å². The minimum absolute atomic E-state index is 0.316. The van der Waals surface area contributed by atoms with Gasteiger partial charge in [0.1, 0.15) is 0 Å². The number of esters is 2. The molecule has 0 fully saturated rings. The van der Waals surface area contributed by atoms with Gasteiger partial charge in [-0.3, -0.25) is 9.59 Å². The largest absolute Gasteiger partial charge is 0.425 e. The molecule has 0 radical (unpaired) electrons. The summed E-state index contributed by atoms with van der Waals surface area (Å²) in [7, 11) is 0. The lowest BCUT2D eigenvalue weighted by atomic mass is 9.88. The summed E-state index contributed by atoms with van der Waals surface area (Å²) in [6.07, 6.45) is 0. The lowest BCUT2D eigenvalue weighted by molar-refractivity contribution is -0.133. The number of hydrogen-bond acceptors (Lipinski definition) is 4. The van der Waals surface area contributed by atoms with Crippen LogP contribution in [-0.2, 0) is 9.59 Å². The van der Waals surface area contributed by atoms with Gasteiger partial charge in [0.25, 0.3) is 0 Å². The average molecular weight is 904 g/mol. The van der Waals surface area contributed by atoms with Crippen LogP contribution in [0, 0.1) is 41.5 Å². The van der Waals surface area contributed by atoms with Gasteiger partial charge >= 0.3 is 11.9 Å². The molecule has 0 N–H and O–H groups in total. The van der Waals surface area contributed by atoms with Crippen LogP contribution in [0.3, 0.4) is 0 Å². The monoisotopic (exact) mass is 898 g/mol. The zero-order valence-corrected chi connectivity index (χ0v) is 31.4. The number of halogens is 6. The van der Waals surface area contributed by atoms with Gasteiger partial charge in [0.2, 0.25) is 0 Å². The molecular weight excluding hydrogens is 880 g/mol. The van der Waals surface area contributed by atoms with Crippen LogP contribution in [0.4, 0.5) is 0 Å². The molecule has 4 nitrogen and oxygen atoms in total. The molecule has 0 saturated carbocycles. The smallest absolute Gasteiger partial charge is 0.308 e. The third kappa shape index (κ3) is 5.51. The fourth-order valence-corrected chi connectivity index (χ4v) is 8.07. The molecule has 3 aromatic carbocycles. The molecule has 0 saturated heterocycles. The Morgan fingerprint density at radius 1 is 0.421 bits per heavy atom. The summed E-state index contributed by atoms with van der Waals surface area (Å²) in [4.78, 5) is 24.9. The van der Waals surface area contributed by atoms with Gasteiger partial charge in [-0.15, -0.1) is 0 Å². The van der Waals surface area contributed by atoms with Crippen molar-refractivity contribution in [3.8, 4) is 33.8 Å². The topological polar surface area (TPSA) is 52.6 Å². The number of ether oxygens (including phenoxy) is 2. The lowest BCUT2D eigenvalue weighted by Gasteiger charge is -2.26. The molecule has 0 aliphatic heterocycles. The van der Waals surface area contributed by atoms with Crippen molar-refractivity contribution in [3.63, 3.8) is 0 Å². The molecule has 0 bridgehead atoms. The molecular formula is C28H24Br6O4. The maximum absolute atomic E-state index is 12.4. The predicted octanol–water partition coefficient (Wildman–Crippen LogP) is 11.3. The second-order valence-electron chi connectivity index (χ2n) is 8.98. The number of carbonyl (C=O) groups excluding carboxylic acids is 2. The van der Waals surface area contributed by atoms with E-state index in [2.05, 4.69) is 95.6 Å². The maximum atomic E-state index is 12.4. The van der Waals surface area contributed by atoms with Crippen molar-refractivity contribution in [2.24, 2.45) is 0 Å². The lowest BCUT2D eigenvalue weighted by Crippen LogP contribution is -2.10. The van der Waals surface area contributed by atoms with Crippen LogP contribution in [0.15, 0.2) is 26.8 Å². The van der Waals surface area contributed by atoms with Crippen LogP contribution < -0.4 is 9.47 Å². The van der Waals surface area contributed by atoms with Gasteiger partial charge in [-0.1, -0.05) is 63.7 Å². The van der Waals surface area contributed by atoms with E-state index in [4.69, 9.17) is 9.47 Å². The van der Waals surface area contributed by atoms with Gasteiger partial charge in [0, 0.05) is 42.9 Å². The van der Waals surface area contributed by atoms with Crippen LogP contribution in [0.2, 0.25) is 0 Å². The summed E-state index contributed by atoms with van der Waals surface area (Å²) in [5, 5.41) is 0. The molecule has 3 aromatic rings. The Labute approximate surface area is 273 Å². The van der Waals surface area contributed by atoms with Crippen molar-refractivity contribution < 1.29 is 19.1 Å². The summed E-state index contributed by atoms with van der Waals surface area (Å²) < 4.78 is 16.5. The molecule has 0 heterocycles. The standard InChI is InChI=1S/C28H24Br6O4/c1-9-17(10(2)22(30)13(5)21(9)29)19-25(33)28(38-16(8)36)20(26(34)27(19)37-15(7)35)18-11(3)23(31)14(6)24(32)12(18)4/h1-8H3. The predicted molar refractivity (Wildman–Crippen MR) is 175 cm³/mol. The third-order valence-corrected chi connectivity index (χ3v) is 12.7. The van der Waals surface area contributed by atoms with Crippen molar-refractivity contribution >= 4 is 108 Å². The first-order chi connectivity index (χ1) is 17.5. The van der Waals surface area contributed by atoms with E-state index in [0.717, 1.165) is 62.4 Å². The minimum atomic E-state index is -0.481. The Morgan fingerprint density at radius 2 is 0.658 bits per heavy atom. The van der Waals surface area contributed by atoms with E-state index < -0.39 is 11.9 Å². The van der Waals surface area contributed by atoms with E-state index in [9.17, 15) is 9.59 Å². The van der Waals surface area contributed by atoms with Gasteiger partial charge in [0.15, 0.2) is 11.5 Å². The maximum Gasteiger partial charge on any atom is 0.308 e. The molecule has 3 rings (SSSR count). The van der Waals surface area contributed by atoms with Crippen molar-refractivity contribution in [3.05, 3.63) is 60.2 Å². The number of hydrogen-bond donors (Lipinski definition) is 0. The van der Waals surface area contributed by atoms with E-state index >= 15 is 0 Å². The van der Waals surface area contributed by atoms with Gasteiger partial charge in [-0.25, -0.2) is 0 Å². The molecule has 0 aliphatic rings. The van der Waals surface area contributed by atoms with Gasteiger partial charge in [-0.2, -0.15) is 0 Å². The van der Waals surface area contributed by atoms with E-state index in [0.29, 0.717) is 31.6 Å². The highest BCUT2D eigenvalue weighted by Crippen LogP contribution is 2.57. The fourth-order valence-electron chi connectivity index (χ4n) is 4.64. The minimum Gasteiger partial charge on any atom is -0.425 e. The van der Waals surface area contributed by atoms with Crippen molar-refractivity contribution in [1.82, 2.24) is 0 Å². The van der Waals surface area contributed by atoms with Crippen LogP contribution in [-0.4, -0.2) is 11.9 Å². The second kappa shape index (κ2) is 12.1. The number of rotatable bonds is 4. The molecule has 0 unspecified atom stereocenters. The van der Waals surface area contributed by atoms with E-state index in [1.165, 1.54) is 13.8 Å². The molecule has 0 spiro atoms. The van der Waals surface area contributed by atoms with E-state index in [1.807, 2.05) is 41.5 Å². The first-order valence-corrected chi connectivity index (χ1v) is 16.1. The zero-order valence-electron chi connectivity index (χ0n) is 21.9. The van der Waals surface area contributed by atoms with Gasteiger partial charge < -0.3 is 9.47 Å². The molecule has 38 heavy (non-hydrogen) atoms. The first kappa shape index (κ1) is 32.0. The summed E-state index contributed by atoms with van der Waals surface area (Å²) in [6, 6.07) is 0. The number of benzene rings is 3. The zero-order chi connectivity index (χ0) is 29.0. The van der Waals surface area contributed by atoms with E-state index in [1.54, 1.807) is 0 Å². The Bertz CT molecular complexity index is 1370. The summed E-state index contributed by atoms with van der Waals surface area (Å²) in [5.74, 6) is -0.331. The van der Waals surface area contributed by atoms with Crippen LogP contribution in [0.1, 0.15) is 47.2 Å².